The molecule has 1 unspecified atom stereocenters. The van der Waals surface area contributed by atoms with Crippen LogP contribution in [-0.4, -0.2) is 57.3 Å². The maximum absolute atomic E-state index is 12.4. The molecule has 0 radical (unpaired) electrons. The average molecular weight is 401 g/mol. The van der Waals surface area contributed by atoms with Crippen molar-refractivity contribution in [3.8, 4) is 0 Å². The van der Waals surface area contributed by atoms with Crippen molar-refractivity contribution in [1.82, 2.24) is 24.6 Å². The first kappa shape index (κ1) is 19.0. The molecule has 2 aromatic heterocycles. The summed E-state index contributed by atoms with van der Waals surface area (Å²) >= 11 is 1.34. The molecule has 1 atom stereocenters. The number of nitrogens with zero attached hydrogens (tertiary/aromatic N) is 5. The molecule has 148 valence electrons. The summed E-state index contributed by atoms with van der Waals surface area (Å²) in [5.74, 6) is 1.36. The summed E-state index contributed by atoms with van der Waals surface area (Å²) in [4.78, 5) is 19.5. The zero-order valence-electron chi connectivity index (χ0n) is 16.1. The van der Waals surface area contributed by atoms with Crippen molar-refractivity contribution >= 4 is 33.4 Å². The SMILES string of the molecule is COCc1nnc(NC(=O)CN2CCCC(c3nc4ccccc4n3C)C2)s1. The van der Waals surface area contributed by atoms with Gasteiger partial charge in [-0.3, -0.25) is 15.0 Å². The average Bonchev–Trinajstić information content (AvgIpc) is 3.27. The monoisotopic (exact) mass is 400 g/mol. The first-order chi connectivity index (χ1) is 13.6. The molecule has 28 heavy (non-hydrogen) atoms. The first-order valence-corrected chi connectivity index (χ1v) is 10.2. The third-order valence-electron chi connectivity index (χ3n) is 5.04. The fourth-order valence-corrected chi connectivity index (χ4v) is 4.52. The lowest BCUT2D eigenvalue weighted by molar-refractivity contribution is -0.117. The van der Waals surface area contributed by atoms with Gasteiger partial charge in [-0.1, -0.05) is 23.5 Å². The number of aromatic nitrogens is 4. The Morgan fingerprint density at radius 3 is 3.04 bits per heavy atom. The van der Waals surface area contributed by atoms with E-state index in [0.717, 1.165) is 47.8 Å². The molecule has 9 heteroatoms. The number of carbonyl (C=O) groups is 1. The third-order valence-corrected chi connectivity index (χ3v) is 5.85. The van der Waals surface area contributed by atoms with Crippen LogP contribution in [0.3, 0.4) is 0 Å². The van der Waals surface area contributed by atoms with Gasteiger partial charge in [0, 0.05) is 26.6 Å². The van der Waals surface area contributed by atoms with E-state index >= 15 is 0 Å². The Hall–Kier alpha value is -2.36. The van der Waals surface area contributed by atoms with Crippen molar-refractivity contribution in [2.45, 2.75) is 25.4 Å². The molecule has 1 aliphatic heterocycles. The van der Waals surface area contributed by atoms with Crippen LogP contribution < -0.4 is 5.32 Å². The van der Waals surface area contributed by atoms with E-state index in [1.165, 1.54) is 11.3 Å². The second kappa shape index (κ2) is 8.34. The summed E-state index contributed by atoms with van der Waals surface area (Å²) in [6.45, 7) is 2.49. The normalized spacial score (nSPS) is 17.9. The van der Waals surface area contributed by atoms with Crippen LogP contribution in [-0.2, 0) is 23.2 Å². The summed E-state index contributed by atoms with van der Waals surface area (Å²) in [7, 11) is 3.68. The molecule has 1 aliphatic rings. The molecule has 8 nitrogen and oxygen atoms in total. The molecule has 0 aliphatic carbocycles. The molecule has 1 fully saturated rings. The van der Waals surface area contributed by atoms with E-state index in [2.05, 4.69) is 38.1 Å². The zero-order chi connectivity index (χ0) is 19.5. The van der Waals surface area contributed by atoms with Crippen LogP contribution in [0.4, 0.5) is 5.13 Å². The minimum absolute atomic E-state index is 0.0641. The number of fused-ring (bicyclic) bond motifs is 1. The van der Waals surface area contributed by atoms with Gasteiger partial charge in [0.05, 0.1) is 17.6 Å². The summed E-state index contributed by atoms with van der Waals surface area (Å²) in [5, 5.41) is 12.1. The Morgan fingerprint density at radius 2 is 2.21 bits per heavy atom. The van der Waals surface area contributed by atoms with Gasteiger partial charge in [-0.05, 0) is 31.5 Å². The fourth-order valence-electron chi connectivity index (χ4n) is 3.79. The van der Waals surface area contributed by atoms with E-state index in [9.17, 15) is 4.79 Å². The predicted molar refractivity (Wildman–Crippen MR) is 108 cm³/mol. The van der Waals surface area contributed by atoms with Gasteiger partial charge >= 0.3 is 0 Å². The lowest BCUT2D eigenvalue weighted by atomic mass is 9.97. The number of hydrogen-bond acceptors (Lipinski definition) is 7. The lowest BCUT2D eigenvalue weighted by Crippen LogP contribution is -2.40. The highest BCUT2D eigenvalue weighted by molar-refractivity contribution is 7.15. The molecule has 1 aromatic carbocycles. The van der Waals surface area contributed by atoms with Crippen molar-refractivity contribution in [2.75, 3.05) is 32.1 Å². The fraction of sp³-hybridized carbons (Fsp3) is 0.474. The van der Waals surface area contributed by atoms with Gasteiger partial charge in [-0.25, -0.2) is 4.98 Å². The van der Waals surface area contributed by atoms with E-state index in [1.54, 1.807) is 7.11 Å². The van der Waals surface area contributed by atoms with Crippen LogP contribution in [0.5, 0.6) is 0 Å². The number of anilines is 1. The Kier molecular flexibility index (Phi) is 5.65. The number of hydrogen-bond donors (Lipinski definition) is 1. The standard InChI is InChI=1S/C19H24N6O2S/c1-24-15-8-4-3-7-14(15)20-18(24)13-6-5-9-25(10-13)11-16(26)21-19-23-22-17(28-19)12-27-2/h3-4,7-8,13H,5-6,9-12H2,1-2H3,(H,21,23,26). The van der Waals surface area contributed by atoms with Gasteiger partial charge in [0.25, 0.3) is 0 Å². The highest BCUT2D eigenvalue weighted by Gasteiger charge is 2.26. The number of aryl methyl sites for hydroxylation is 1. The molecule has 4 rings (SSSR count). The number of ether oxygens (including phenoxy) is 1. The number of amides is 1. The number of nitrogens with one attached hydrogen (secondary N) is 1. The van der Waals surface area contributed by atoms with Crippen molar-refractivity contribution in [3.63, 3.8) is 0 Å². The molecule has 3 heterocycles. The minimum Gasteiger partial charge on any atom is -0.377 e. The summed E-state index contributed by atoms with van der Waals surface area (Å²) < 4.78 is 7.21. The molecule has 1 N–H and O–H groups in total. The number of likely N-dealkylation sites (tertiary alicyclic amines) is 1. The lowest BCUT2D eigenvalue weighted by Gasteiger charge is -2.31. The number of carbonyl (C=O) groups excluding carboxylic acids is 1. The number of methoxy groups -OCH3 is 1. The van der Waals surface area contributed by atoms with E-state index in [1.807, 2.05) is 18.2 Å². The van der Waals surface area contributed by atoms with Gasteiger partial charge < -0.3 is 9.30 Å². The van der Waals surface area contributed by atoms with Crippen molar-refractivity contribution in [3.05, 3.63) is 35.1 Å². The molecule has 0 saturated carbocycles. The maximum Gasteiger partial charge on any atom is 0.240 e. The van der Waals surface area contributed by atoms with Crippen LogP contribution in [0.15, 0.2) is 24.3 Å². The largest absolute Gasteiger partial charge is 0.377 e. The predicted octanol–water partition coefficient (Wildman–Crippen LogP) is 2.39. The Morgan fingerprint density at radius 1 is 1.36 bits per heavy atom. The molecule has 0 bridgehead atoms. The van der Waals surface area contributed by atoms with Gasteiger partial charge in [-0.15, -0.1) is 10.2 Å². The van der Waals surface area contributed by atoms with Crippen molar-refractivity contribution < 1.29 is 9.53 Å². The molecule has 1 amide bonds. The van der Waals surface area contributed by atoms with Crippen LogP contribution in [0.1, 0.15) is 29.6 Å². The van der Waals surface area contributed by atoms with Gasteiger partial charge in [0.1, 0.15) is 17.4 Å². The van der Waals surface area contributed by atoms with Crippen molar-refractivity contribution in [1.29, 1.82) is 0 Å². The van der Waals surface area contributed by atoms with Gasteiger partial charge in [-0.2, -0.15) is 0 Å². The first-order valence-electron chi connectivity index (χ1n) is 9.39. The van der Waals surface area contributed by atoms with Gasteiger partial charge in [0.2, 0.25) is 11.0 Å². The summed E-state index contributed by atoms with van der Waals surface area (Å²) in [5.41, 5.74) is 2.17. The molecule has 1 saturated heterocycles. The Bertz CT molecular complexity index is 968. The van der Waals surface area contributed by atoms with Crippen LogP contribution >= 0.6 is 11.3 Å². The topological polar surface area (TPSA) is 85.2 Å². The van der Waals surface area contributed by atoms with E-state index in [0.29, 0.717) is 24.2 Å². The number of piperidine rings is 1. The van der Waals surface area contributed by atoms with E-state index in [-0.39, 0.29) is 5.91 Å². The number of para-hydroxylation sites is 2. The molecule has 0 spiro atoms. The summed E-state index contributed by atoms with van der Waals surface area (Å²) in [6.07, 6.45) is 2.14. The van der Waals surface area contributed by atoms with Crippen LogP contribution in [0.25, 0.3) is 11.0 Å². The smallest absolute Gasteiger partial charge is 0.240 e. The minimum atomic E-state index is -0.0641. The summed E-state index contributed by atoms with van der Waals surface area (Å²) in [6, 6.07) is 8.20. The number of benzene rings is 1. The Labute approximate surface area is 167 Å². The highest BCUT2D eigenvalue weighted by atomic mass is 32.1. The number of imidazole rings is 1. The second-order valence-corrected chi connectivity index (χ2v) is 8.14. The van der Waals surface area contributed by atoms with Gasteiger partial charge in [0.15, 0.2) is 0 Å². The zero-order valence-corrected chi connectivity index (χ0v) is 16.9. The molecular weight excluding hydrogens is 376 g/mol. The van der Waals surface area contributed by atoms with Crippen LogP contribution in [0.2, 0.25) is 0 Å². The van der Waals surface area contributed by atoms with Crippen molar-refractivity contribution in [2.24, 2.45) is 7.05 Å². The second-order valence-electron chi connectivity index (χ2n) is 7.07. The third kappa shape index (κ3) is 4.06. The molecular formula is C19H24N6O2S. The highest BCUT2D eigenvalue weighted by Crippen LogP contribution is 2.28. The quantitative estimate of drug-likeness (QED) is 0.684. The number of rotatable bonds is 6. The maximum atomic E-state index is 12.4. The molecule has 3 aromatic rings. The van der Waals surface area contributed by atoms with E-state index < -0.39 is 0 Å². The van der Waals surface area contributed by atoms with E-state index in [4.69, 9.17) is 9.72 Å². The van der Waals surface area contributed by atoms with Crippen LogP contribution in [0, 0.1) is 0 Å². The Balaban J connectivity index is 1.39.